The number of halogens is 1. The first-order chi connectivity index (χ1) is 7.18. The summed E-state index contributed by atoms with van der Waals surface area (Å²) in [5.74, 6) is -0.0153. The Labute approximate surface area is 101 Å². The van der Waals surface area contributed by atoms with E-state index in [9.17, 15) is 4.79 Å². The first-order valence-electron chi connectivity index (χ1n) is 4.76. The van der Waals surface area contributed by atoms with Crippen LogP contribution in [-0.4, -0.2) is 42.7 Å². The smallest absolute Gasteiger partial charge is 0.317 e. The zero-order chi connectivity index (χ0) is 11.1. The number of ether oxygens (including phenoxy) is 1. The van der Waals surface area contributed by atoms with Crippen molar-refractivity contribution < 1.29 is 14.6 Å². The van der Waals surface area contributed by atoms with Crippen LogP contribution in [-0.2, 0) is 4.79 Å². The van der Waals surface area contributed by atoms with Crippen molar-refractivity contribution in [2.45, 2.75) is 0 Å². The number of carboxylic acids is 1. The lowest BCUT2D eigenvalue weighted by Crippen LogP contribution is -2.29. The zero-order valence-corrected chi connectivity index (χ0v) is 9.94. The lowest BCUT2D eigenvalue weighted by molar-refractivity contribution is -0.138. The molecule has 4 nitrogen and oxygen atoms in total. The number of benzene rings is 1. The van der Waals surface area contributed by atoms with Crippen molar-refractivity contribution in [3.8, 4) is 5.75 Å². The number of rotatable bonds is 6. The minimum absolute atomic E-state index is 0. The summed E-state index contributed by atoms with van der Waals surface area (Å²) in [7, 11) is 1.75. The molecule has 0 aromatic heterocycles. The Bertz CT molecular complexity index is 305. The molecule has 0 radical (unpaired) electrons. The SMILES string of the molecule is CN(CCOc1ccccc1)CC(=O)O.Cl. The summed E-state index contributed by atoms with van der Waals surface area (Å²) in [5, 5.41) is 8.52. The third-order valence-corrected chi connectivity index (χ3v) is 1.89. The van der Waals surface area contributed by atoms with Gasteiger partial charge in [0.15, 0.2) is 0 Å². The van der Waals surface area contributed by atoms with Crippen LogP contribution >= 0.6 is 12.4 Å². The van der Waals surface area contributed by atoms with Crippen LogP contribution in [0.5, 0.6) is 5.75 Å². The van der Waals surface area contributed by atoms with Crippen molar-refractivity contribution >= 4 is 18.4 Å². The van der Waals surface area contributed by atoms with Crippen molar-refractivity contribution in [1.82, 2.24) is 4.90 Å². The second-order valence-electron chi connectivity index (χ2n) is 3.29. The van der Waals surface area contributed by atoms with Gasteiger partial charge in [0, 0.05) is 6.54 Å². The highest BCUT2D eigenvalue weighted by molar-refractivity contribution is 5.85. The first kappa shape index (κ1) is 14.7. The molecule has 1 N–H and O–H groups in total. The molecule has 0 unspecified atom stereocenters. The fraction of sp³-hybridized carbons (Fsp3) is 0.364. The Balaban J connectivity index is 0.00000225. The number of likely N-dealkylation sites (N-methyl/N-ethyl adjacent to an activating group) is 1. The minimum Gasteiger partial charge on any atom is -0.492 e. The normalized spacial score (nSPS) is 9.62. The van der Waals surface area contributed by atoms with Crippen LogP contribution in [0.3, 0.4) is 0 Å². The van der Waals surface area contributed by atoms with E-state index >= 15 is 0 Å². The van der Waals surface area contributed by atoms with Crippen LogP contribution in [0.2, 0.25) is 0 Å². The monoisotopic (exact) mass is 245 g/mol. The molecule has 0 saturated heterocycles. The van der Waals surface area contributed by atoms with E-state index < -0.39 is 5.97 Å². The van der Waals surface area contributed by atoms with Crippen LogP contribution in [0, 0.1) is 0 Å². The lowest BCUT2D eigenvalue weighted by Gasteiger charge is -2.14. The molecule has 16 heavy (non-hydrogen) atoms. The molecule has 1 rings (SSSR count). The van der Waals surface area contributed by atoms with Gasteiger partial charge in [0.1, 0.15) is 12.4 Å². The summed E-state index contributed by atoms with van der Waals surface area (Å²) in [4.78, 5) is 12.1. The average molecular weight is 246 g/mol. The Morgan fingerprint density at radius 2 is 2.00 bits per heavy atom. The van der Waals surface area contributed by atoms with E-state index in [0.29, 0.717) is 13.2 Å². The molecular formula is C11H16ClNO3. The highest BCUT2D eigenvalue weighted by atomic mass is 35.5. The molecule has 0 aliphatic heterocycles. The van der Waals surface area contributed by atoms with Gasteiger partial charge in [-0.1, -0.05) is 18.2 Å². The van der Waals surface area contributed by atoms with Crippen molar-refractivity contribution in [3.05, 3.63) is 30.3 Å². The van der Waals surface area contributed by atoms with E-state index in [2.05, 4.69) is 0 Å². The van der Waals surface area contributed by atoms with Gasteiger partial charge in [0.2, 0.25) is 0 Å². The van der Waals surface area contributed by atoms with Gasteiger partial charge < -0.3 is 9.84 Å². The number of nitrogens with zero attached hydrogens (tertiary/aromatic N) is 1. The van der Waals surface area contributed by atoms with Gasteiger partial charge in [-0.3, -0.25) is 9.69 Å². The first-order valence-corrected chi connectivity index (χ1v) is 4.76. The quantitative estimate of drug-likeness (QED) is 0.825. The zero-order valence-electron chi connectivity index (χ0n) is 9.13. The average Bonchev–Trinajstić information content (AvgIpc) is 2.18. The molecule has 1 aromatic rings. The number of para-hydroxylation sites is 1. The van der Waals surface area contributed by atoms with Gasteiger partial charge in [-0.25, -0.2) is 0 Å². The maximum Gasteiger partial charge on any atom is 0.317 e. The Morgan fingerprint density at radius 3 is 2.56 bits per heavy atom. The van der Waals surface area contributed by atoms with Crippen molar-refractivity contribution in [3.63, 3.8) is 0 Å². The fourth-order valence-electron chi connectivity index (χ4n) is 1.15. The van der Waals surface area contributed by atoms with E-state index in [1.165, 1.54) is 0 Å². The Hall–Kier alpha value is -1.26. The van der Waals surface area contributed by atoms with Gasteiger partial charge in [-0.15, -0.1) is 12.4 Å². The summed E-state index contributed by atoms with van der Waals surface area (Å²) < 4.78 is 5.42. The van der Waals surface area contributed by atoms with E-state index in [-0.39, 0.29) is 19.0 Å². The molecule has 0 amide bonds. The highest BCUT2D eigenvalue weighted by Gasteiger charge is 2.03. The number of carbonyl (C=O) groups is 1. The predicted molar refractivity (Wildman–Crippen MR) is 64.3 cm³/mol. The number of aliphatic carboxylic acids is 1. The number of hydrogen-bond donors (Lipinski definition) is 1. The van der Waals surface area contributed by atoms with Crippen LogP contribution in [0.25, 0.3) is 0 Å². The predicted octanol–water partition coefficient (Wildman–Crippen LogP) is 1.50. The summed E-state index contributed by atoms with van der Waals surface area (Å²) >= 11 is 0. The molecule has 0 aliphatic carbocycles. The van der Waals surface area contributed by atoms with Gasteiger partial charge in [0.05, 0.1) is 6.54 Å². The molecule has 1 aromatic carbocycles. The van der Waals surface area contributed by atoms with E-state index in [1.54, 1.807) is 11.9 Å². The third-order valence-electron chi connectivity index (χ3n) is 1.89. The summed E-state index contributed by atoms with van der Waals surface area (Å²) in [5.41, 5.74) is 0. The lowest BCUT2D eigenvalue weighted by atomic mass is 10.3. The van der Waals surface area contributed by atoms with Crippen molar-refractivity contribution in [1.29, 1.82) is 0 Å². The molecule has 0 bridgehead atoms. The van der Waals surface area contributed by atoms with Gasteiger partial charge in [-0.2, -0.15) is 0 Å². The molecular weight excluding hydrogens is 230 g/mol. The van der Waals surface area contributed by atoms with Crippen LogP contribution < -0.4 is 4.74 Å². The molecule has 0 atom stereocenters. The summed E-state index contributed by atoms with van der Waals surface area (Å²) in [6.45, 7) is 1.13. The maximum absolute atomic E-state index is 10.4. The minimum atomic E-state index is -0.822. The molecule has 0 spiro atoms. The topological polar surface area (TPSA) is 49.8 Å². The van der Waals surface area contributed by atoms with Crippen LogP contribution in [0.15, 0.2) is 30.3 Å². The molecule has 0 heterocycles. The van der Waals surface area contributed by atoms with Crippen molar-refractivity contribution in [2.75, 3.05) is 26.7 Å². The van der Waals surface area contributed by atoms with E-state index in [4.69, 9.17) is 9.84 Å². The molecule has 0 aliphatic rings. The second-order valence-corrected chi connectivity index (χ2v) is 3.29. The molecule has 0 fully saturated rings. The Kier molecular flexibility index (Phi) is 7.33. The van der Waals surface area contributed by atoms with E-state index in [1.807, 2.05) is 30.3 Å². The van der Waals surface area contributed by atoms with Gasteiger partial charge >= 0.3 is 5.97 Å². The highest BCUT2D eigenvalue weighted by Crippen LogP contribution is 2.07. The summed E-state index contributed by atoms with van der Waals surface area (Å²) in [6.07, 6.45) is 0. The third kappa shape index (κ3) is 6.27. The Morgan fingerprint density at radius 1 is 1.38 bits per heavy atom. The van der Waals surface area contributed by atoms with Crippen molar-refractivity contribution in [2.24, 2.45) is 0 Å². The number of carboxylic acid groups (broad SMARTS) is 1. The van der Waals surface area contributed by atoms with Crippen LogP contribution in [0.4, 0.5) is 0 Å². The largest absolute Gasteiger partial charge is 0.492 e. The second kappa shape index (κ2) is 7.96. The van der Waals surface area contributed by atoms with E-state index in [0.717, 1.165) is 5.75 Å². The standard InChI is InChI=1S/C11H15NO3.ClH/c1-12(9-11(13)14)7-8-15-10-5-3-2-4-6-10;/h2-6H,7-9H2,1H3,(H,13,14);1H. The van der Waals surface area contributed by atoms with Crippen LogP contribution in [0.1, 0.15) is 0 Å². The maximum atomic E-state index is 10.4. The van der Waals surface area contributed by atoms with Gasteiger partial charge in [-0.05, 0) is 19.2 Å². The van der Waals surface area contributed by atoms with Gasteiger partial charge in [0.25, 0.3) is 0 Å². The summed E-state index contributed by atoms with van der Waals surface area (Å²) in [6, 6.07) is 9.46. The fourth-order valence-corrected chi connectivity index (χ4v) is 1.15. The molecule has 90 valence electrons. The number of hydrogen-bond acceptors (Lipinski definition) is 3. The molecule has 5 heteroatoms. The molecule has 0 saturated carbocycles.